The minimum atomic E-state index is -0.0440. The number of carbonyl (C=O) groups excluding carboxylic acids is 1. The Kier molecular flexibility index (Phi) is 4.03. The molecule has 1 amide bonds. The summed E-state index contributed by atoms with van der Waals surface area (Å²) in [6.07, 6.45) is 4.66. The fourth-order valence-corrected chi connectivity index (χ4v) is 3.80. The molecule has 0 bridgehead atoms. The minimum Gasteiger partial charge on any atom is -0.389 e. The van der Waals surface area contributed by atoms with Crippen LogP contribution in [0.2, 0.25) is 0 Å². The molecule has 0 radical (unpaired) electrons. The first-order chi connectivity index (χ1) is 10.1. The van der Waals surface area contributed by atoms with Gasteiger partial charge >= 0.3 is 0 Å². The Morgan fingerprint density at radius 2 is 1.90 bits per heavy atom. The Labute approximate surface area is 133 Å². The van der Waals surface area contributed by atoms with Crippen molar-refractivity contribution in [2.75, 3.05) is 5.32 Å². The first-order valence-electron chi connectivity index (χ1n) is 6.96. The van der Waals surface area contributed by atoms with Crippen molar-refractivity contribution in [1.29, 1.82) is 0 Å². The Hall–Kier alpha value is -1.72. The lowest BCUT2D eigenvalue weighted by molar-refractivity contribution is 0.103. The molecule has 3 N–H and O–H groups in total. The highest BCUT2D eigenvalue weighted by Crippen LogP contribution is 2.30. The molecule has 3 nitrogen and oxygen atoms in total. The van der Waals surface area contributed by atoms with Crippen molar-refractivity contribution in [3.63, 3.8) is 0 Å². The van der Waals surface area contributed by atoms with Crippen LogP contribution in [0.25, 0.3) is 0 Å². The Morgan fingerprint density at radius 3 is 2.57 bits per heavy atom. The average Bonchev–Trinajstić information content (AvgIpc) is 2.92. The summed E-state index contributed by atoms with van der Waals surface area (Å²) in [7, 11) is 0. The lowest BCUT2D eigenvalue weighted by Gasteiger charge is -2.08. The van der Waals surface area contributed by atoms with E-state index in [1.807, 2.05) is 30.3 Å². The summed E-state index contributed by atoms with van der Waals surface area (Å²) < 4.78 is 0. The molecule has 0 saturated carbocycles. The van der Waals surface area contributed by atoms with Crippen LogP contribution < -0.4 is 11.1 Å². The SMILES string of the molecule is NC(=S)c1ccc(NC(=O)c2cc3c(s2)CCCC3)cc1. The number of thiocarbonyl (C=S) groups is 1. The van der Waals surface area contributed by atoms with Gasteiger partial charge in [0.1, 0.15) is 4.99 Å². The van der Waals surface area contributed by atoms with Gasteiger partial charge in [0.05, 0.1) is 4.88 Å². The lowest BCUT2D eigenvalue weighted by Crippen LogP contribution is -2.11. The molecule has 0 fully saturated rings. The number of aryl methyl sites for hydroxylation is 2. The Bertz CT molecular complexity index is 665. The van der Waals surface area contributed by atoms with Gasteiger partial charge in [-0.15, -0.1) is 11.3 Å². The van der Waals surface area contributed by atoms with E-state index in [0.29, 0.717) is 4.99 Å². The van der Waals surface area contributed by atoms with Crippen LogP contribution in [0, 0.1) is 0 Å². The number of hydrogen-bond donors (Lipinski definition) is 2. The molecule has 1 aromatic heterocycles. The van der Waals surface area contributed by atoms with E-state index in [1.165, 1.54) is 23.3 Å². The smallest absolute Gasteiger partial charge is 0.265 e. The summed E-state index contributed by atoms with van der Waals surface area (Å²) in [5.41, 5.74) is 8.46. The van der Waals surface area contributed by atoms with Gasteiger partial charge in [0, 0.05) is 16.1 Å². The monoisotopic (exact) mass is 316 g/mol. The number of nitrogens with one attached hydrogen (secondary N) is 1. The summed E-state index contributed by atoms with van der Waals surface area (Å²) in [5.74, 6) is -0.0440. The number of nitrogens with two attached hydrogens (primary N) is 1. The van der Waals surface area contributed by atoms with Crippen LogP contribution in [0.4, 0.5) is 5.69 Å². The second kappa shape index (κ2) is 5.95. The highest BCUT2D eigenvalue weighted by molar-refractivity contribution is 7.80. The lowest BCUT2D eigenvalue weighted by atomic mass is 9.99. The van der Waals surface area contributed by atoms with Gasteiger partial charge in [0.2, 0.25) is 0 Å². The number of thiophene rings is 1. The van der Waals surface area contributed by atoms with Gasteiger partial charge in [0.25, 0.3) is 5.91 Å². The maximum absolute atomic E-state index is 12.3. The van der Waals surface area contributed by atoms with Crippen LogP contribution in [-0.4, -0.2) is 10.9 Å². The number of amides is 1. The van der Waals surface area contributed by atoms with Crippen LogP contribution in [0.5, 0.6) is 0 Å². The molecular formula is C16H16N2OS2. The van der Waals surface area contributed by atoms with Crippen molar-refractivity contribution in [3.05, 3.63) is 51.2 Å². The summed E-state index contributed by atoms with van der Waals surface area (Å²) in [5, 5.41) is 2.92. The van der Waals surface area contributed by atoms with Crippen molar-refractivity contribution in [1.82, 2.24) is 0 Å². The van der Waals surface area contributed by atoms with Crippen LogP contribution in [0.1, 0.15) is 38.5 Å². The van der Waals surface area contributed by atoms with Crippen molar-refractivity contribution in [2.45, 2.75) is 25.7 Å². The highest BCUT2D eigenvalue weighted by Gasteiger charge is 2.17. The number of fused-ring (bicyclic) bond motifs is 1. The molecule has 108 valence electrons. The summed E-state index contributed by atoms with van der Waals surface area (Å²) in [6.45, 7) is 0. The van der Waals surface area contributed by atoms with Crippen molar-refractivity contribution < 1.29 is 4.79 Å². The fraction of sp³-hybridized carbons (Fsp3) is 0.250. The quantitative estimate of drug-likeness (QED) is 0.852. The second-order valence-corrected chi connectivity index (χ2v) is 6.74. The number of rotatable bonds is 3. The maximum atomic E-state index is 12.3. The van der Waals surface area contributed by atoms with Gasteiger partial charge in [-0.2, -0.15) is 0 Å². The molecule has 0 aliphatic heterocycles. The molecule has 0 saturated heterocycles. The van der Waals surface area contributed by atoms with E-state index < -0.39 is 0 Å². The largest absolute Gasteiger partial charge is 0.389 e. The molecule has 5 heteroatoms. The normalized spacial score (nSPS) is 13.5. The predicted molar refractivity (Wildman–Crippen MR) is 91.2 cm³/mol. The van der Waals surface area contributed by atoms with Crippen molar-refractivity contribution in [3.8, 4) is 0 Å². The van der Waals surface area contributed by atoms with Crippen LogP contribution in [0.3, 0.4) is 0 Å². The maximum Gasteiger partial charge on any atom is 0.265 e. The fourth-order valence-electron chi connectivity index (χ4n) is 2.51. The van der Waals surface area contributed by atoms with E-state index >= 15 is 0 Å². The van der Waals surface area contributed by atoms with E-state index in [-0.39, 0.29) is 5.91 Å². The third-order valence-electron chi connectivity index (χ3n) is 3.65. The number of hydrogen-bond acceptors (Lipinski definition) is 3. The van der Waals surface area contributed by atoms with E-state index in [1.54, 1.807) is 11.3 Å². The van der Waals surface area contributed by atoms with Crippen LogP contribution in [-0.2, 0) is 12.8 Å². The first kappa shape index (κ1) is 14.2. The van der Waals surface area contributed by atoms with Crippen LogP contribution in [0.15, 0.2) is 30.3 Å². The van der Waals surface area contributed by atoms with E-state index in [2.05, 4.69) is 5.32 Å². The van der Waals surface area contributed by atoms with Gasteiger partial charge in [-0.05, 0) is 61.6 Å². The highest BCUT2D eigenvalue weighted by atomic mass is 32.1. The molecule has 0 unspecified atom stereocenters. The zero-order chi connectivity index (χ0) is 14.8. The Balaban J connectivity index is 1.73. The van der Waals surface area contributed by atoms with Crippen molar-refractivity contribution >= 4 is 40.1 Å². The van der Waals surface area contributed by atoms with E-state index in [9.17, 15) is 4.79 Å². The molecular weight excluding hydrogens is 300 g/mol. The van der Waals surface area contributed by atoms with E-state index in [4.69, 9.17) is 18.0 Å². The molecule has 0 atom stereocenters. The standard InChI is InChI=1S/C16H16N2OS2/c17-15(20)10-5-7-12(8-6-10)18-16(19)14-9-11-3-1-2-4-13(11)21-14/h5-9H,1-4H2,(H2,17,20)(H,18,19). The summed E-state index contributed by atoms with van der Waals surface area (Å²) in [4.78, 5) is 14.8. The molecule has 2 aromatic rings. The second-order valence-electron chi connectivity index (χ2n) is 5.16. The molecule has 1 heterocycles. The first-order valence-corrected chi connectivity index (χ1v) is 8.19. The molecule has 21 heavy (non-hydrogen) atoms. The van der Waals surface area contributed by atoms with Gasteiger partial charge in [-0.1, -0.05) is 12.2 Å². The topological polar surface area (TPSA) is 55.1 Å². The average molecular weight is 316 g/mol. The molecule has 3 rings (SSSR count). The summed E-state index contributed by atoms with van der Waals surface area (Å²) >= 11 is 6.53. The predicted octanol–water partition coefficient (Wildman–Crippen LogP) is 3.51. The van der Waals surface area contributed by atoms with Gasteiger partial charge in [-0.25, -0.2) is 0 Å². The number of benzene rings is 1. The molecule has 0 spiro atoms. The van der Waals surface area contributed by atoms with Crippen molar-refractivity contribution in [2.24, 2.45) is 5.73 Å². The molecule has 1 aliphatic carbocycles. The zero-order valence-corrected chi connectivity index (χ0v) is 13.2. The van der Waals surface area contributed by atoms with Crippen LogP contribution >= 0.6 is 23.6 Å². The molecule has 1 aliphatic rings. The van der Waals surface area contributed by atoms with Gasteiger partial charge in [0.15, 0.2) is 0 Å². The third-order valence-corrected chi connectivity index (χ3v) is 5.12. The van der Waals surface area contributed by atoms with Gasteiger partial charge in [-0.3, -0.25) is 4.79 Å². The number of anilines is 1. The summed E-state index contributed by atoms with van der Waals surface area (Å²) in [6, 6.07) is 9.31. The van der Waals surface area contributed by atoms with E-state index in [0.717, 1.165) is 29.0 Å². The zero-order valence-electron chi connectivity index (χ0n) is 11.5. The van der Waals surface area contributed by atoms with Gasteiger partial charge < -0.3 is 11.1 Å². The third kappa shape index (κ3) is 3.14. The molecule has 1 aromatic carbocycles. The number of carbonyl (C=O) groups is 1. The minimum absolute atomic E-state index is 0.0440. The Morgan fingerprint density at radius 1 is 1.19 bits per heavy atom.